The largest absolute Gasteiger partial charge is 0.497 e. The molecule has 0 saturated heterocycles. The van der Waals surface area contributed by atoms with Crippen molar-refractivity contribution in [2.75, 3.05) is 31.8 Å². The molecule has 0 aliphatic rings. The lowest BCUT2D eigenvalue weighted by Gasteiger charge is -2.13. The van der Waals surface area contributed by atoms with Gasteiger partial charge in [0.1, 0.15) is 12.4 Å². The fourth-order valence-electron chi connectivity index (χ4n) is 2.42. The summed E-state index contributed by atoms with van der Waals surface area (Å²) < 4.78 is 5.23. The SMILES string of the molecule is CC.CC.CC.CC.CC.COc1ccc2cc(C(C)C(=O)NCCSSCCO[N+](=O)[O-])ccc2c1. The van der Waals surface area contributed by atoms with E-state index in [4.69, 9.17) is 4.74 Å². The smallest absolute Gasteiger partial charge is 0.294 e. The Morgan fingerprint density at radius 2 is 1.41 bits per heavy atom. The average molecular weight is 561 g/mol. The van der Waals surface area contributed by atoms with E-state index in [0.29, 0.717) is 12.3 Å². The van der Waals surface area contributed by atoms with E-state index in [1.54, 1.807) is 17.9 Å². The van der Waals surface area contributed by atoms with Crippen LogP contribution in [0.15, 0.2) is 36.4 Å². The van der Waals surface area contributed by atoms with Crippen molar-refractivity contribution >= 4 is 38.3 Å². The number of nitrogens with one attached hydrogen (secondary N) is 1. The van der Waals surface area contributed by atoms with Crippen molar-refractivity contribution in [3.05, 3.63) is 52.1 Å². The van der Waals surface area contributed by atoms with Crippen LogP contribution >= 0.6 is 21.6 Å². The first kappa shape index (κ1) is 42.0. The highest BCUT2D eigenvalue weighted by Crippen LogP contribution is 2.25. The predicted octanol–water partition coefficient (Wildman–Crippen LogP) is 8.79. The van der Waals surface area contributed by atoms with Crippen LogP contribution in [0.25, 0.3) is 10.8 Å². The van der Waals surface area contributed by atoms with E-state index in [-0.39, 0.29) is 18.4 Å². The van der Waals surface area contributed by atoms with Gasteiger partial charge in [-0.05, 0) is 35.4 Å². The van der Waals surface area contributed by atoms with Gasteiger partial charge in [0, 0.05) is 18.1 Å². The average Bonchev–Trinajstić information content (AvgIpc) is 2.98. The zero-order chi connectivity index (χ0) is 29.6. The number of amides is 1. The molecule has 1 N–H and O–H groups in total. The van der Waals surface area contributed by atoms with Crippen molar-refractivity contribution in [1.29, 1.82) is 0 Å². The van der Waals surface area contributed by atoms with Crippen LogP contribution < -0.4 is 10.1 Å². The van der Waals surface area contributed by atoms with Crippen LogP contribution in [0.1, 0.15) is 87.6 Å². The van der Waals surface area contributed by atoms with Gasteiger partial charge in [0.25, 0.3) is 5.09 Å². The third kappa shape index (κ3) is 20.6. The molecule has 9 heteroatoms. The molecule has 1 atom stereocenters. The predicted molar refractivity (Wildman–Crippen MR) is 167 cm³/mol. The molecule has 37 heavy (non-hydrogen) atoms. The second-order valence-electron chi connectivity index (χ2n) is 5.69. The Morgan fingerprint density at radius 1 is 0.892 bits per heavy atom. The van der Waals surface area contributed by atoms with E-state index in [1.165, 1.54) is 10.8 Å². The molecule has 0 bridgehead atoms. The maximum absolute atomic E-state index is 12.3. The monoisotopic (exact) mass is 560 g/mol. The molecular formula is C28H52N2O5S2. The highest BCUT2D eigenvalue weighted by molar-refractivity contribution is 8.76. The summed E-state index contributed by atoms with van der Waals surface area (Å²) in [7, 11) is 4.67. The van der Waals surface area contributed by atoms with Gasteiger partial charge in [-0.1, -0.05) is 115 Å². The van der Waals surface area contributed by atoms with Gasteiger partial charge in [-0.3, -0.25) is 4.79 Å². The summed E-state index contributed by atoms with van der Waals surface area (Å²) in [5.74, 6) is 1.78. The van der Waals surface area contributed by atoms with E-state index in [9.17, 15) is 14.9 Å². The van der Waals surface area contributed by atoms with Crippen molar-refractivity contribution in [1.82, 2.24) is 5.32 Å². The van der Waals surface area contributed by atoms with Gasteiger partial charge in [-0.15, -0.1) is 10.1 Å². The number of methoxy groups -OCH3 is 1. The lowest BCUT2D eigenvalue weighted by atomic mass is 9.97. The fourth-order valence-corrected chi connectivity index (χ4v) is 4.15. The molecule has 7 nitrogen and oxygen atoms in total. The second kappa shape index (κ2) is 31.9. The first-order chi connectivity index (χ1) is 18.0. The number of rotatable bonds is 11. The molecule has 2 aromatic rings. The van der Waals surface area contributed by atoms with Gasteiger partial charge in [0.05, 0.1) is 13.0 Å². The van der Waals surface area contributed by atoms with Crippen molar-refractivity contribution in [3.63, 3.8) is 0 Å². The summed E-state index contributed by atoms with van der Waals surface area (Å²) in [6.45, 7) is 22.5. The molecule has 1 amide bonds. The quantitative estimate of drug-likeness (QED) is 0.127. The van der Waals surface area contributed by atoms with Crippen molar-refractivity contribution in [3.8, 4) is 5.75 Å². The lowest BCUT2D eigenvalue weighted by Crippen LogP contribution is -2.29. The van der Waals surface area contributed by atoms with Crippen LogP contribution in [0.3, 0.4) is 0 Å². The number of carbonyl (C=O) groups is 1. The van der Waals surface area contributed by atoms with Gasteiger partial charge in [-0.2, -0.15) is 0 Å². The van der Waals surface area contributed by atoms with Crippen LogP contribution in [0.2, 0.25) is 0 Å². The third-order valence-corrected chi connectivity index (χ3v) is 6.27. The number of ether oxygens (including phenoxy) is 1. The molecule has 0 heterocycles. The number of benzene rings is 2. The summed E-state index contributed by atoms with van der Waals surface area (Å²) in [5, 5.41) is 14.3. The molecule has 0 spiro atoms. The molecule has 0 fully saturated rings. The Balaban J connectivity index is -0.000000486. The van der Waals surface area contributed by atoms with Gasteiger partial charge in [-0.25, -0.2) is 0 Å². The Bertz CT molecular complexity index is 792. The Labute approximate surface area is 234 Å². The van der Waals surface area contributed by atoms with Crippen LogP contribution in [0.4, 0.5) is 0 Å². The lowest BCUT2D eigenvalue weighted by molar-refractivity contribution is -0.756. The highest BCUT2D eigenvalue weighted by Gasteiger charge is 2.15. The maximum atomic E-state index is 12.3. The molecule has 0 radical (unpaired) electrons. The highest BCUT2D eigenvalue weighted by atomic mass is 33.1. The Morgan fingerprint density at radius 3 is 1.95 bits per heavy atom. The fraction of sp³-hybridized carbons (Fsp3) is 0.607. The van der Waals surface area contributed by atoms with Gasteiger partial charge < -0.3 is 14.9 Å². The van der Waals surface area contributed by atoms with E-state index < -0.39 is 5.09 Å². The Hall–Kier alpha value is -2.13. The molecule has 0 aliphatic carbocycles. The van der Waals surface area contributed by atoms with E-state index in [1.807, 2.05) is 113 Å². The first-order valence-electron chi connectivity index (χ1n) is 13.4. The minimum Gasteiger partial charge on any atom is -0.497 e. The van der Waals surface area contributed by atoms with Crippen LogP contribution in [0, 0.1) is 10.1 Å². The van der Waals surface area contributed by atoms with Gasteiger partial charge in [0.15, 0.2) is 0 Å². The van der Waals surface area contributed by atoms with Crippen LogP contribution in [0.5, 0.6) is 5.75 Å². The zero-order valence-corrected chi connectivity index (χ0v) is 26.8. The topological polar surface area (TPSA) is 90.7 Å². The van der Waals surface area contributed by atoms with Crippen LogP contribution in [-0.4, -0.2) is 42.8 Å². The molecule has 2 aromatic carbocycles. The molecule has 2 rings (SSSR count). The van der Waals surface area contributed by atoms with E-state index in [2.05, 4.69) is 10.2 Å². The van der Waals surface area contributed by atoms with Crippen molar-refractivity contribution in [2.45, 2.75) is 82.1 Å². The number of hydrogen-bond acceptors (Lipinski definition) is 7. The summed E-state index contributed by atoms with van der Waals surface area (Å²) in [4.78, 5) is 26.6. The van der Waals surface area contributed by atoms with E-state index in [0.717, 1.165) is 27.8 Å². The first-order valence-corrected chi connectivity index (χ1v) is 15.9. The van der Waals surface area contributed by atoms with Gasteiger partial charge >= 0.3 is 0 Å². The summed E-state index contributed by atoms with van der Waals surface area (Å²) in [5.41, 5.74) is 0.962. The minimum atomic E-state index is -0.796. The van der Waals surface area contributed by atoms with Crippen molar-refractivity contribution < 1.29 is 19.5 Å². The normalized spacial score (nSPS) is 9.41. The number of nitrogens with zero attached hydrogens (tertiary/aromatic N) is 1. The zero-order valence-electron chi connectivity index (χ0n) is 25.2. The number of carbonyl (C=O) groups excluding carboxylic acids is 1. The molecule has 0 saturated carbocycles. The number of fused-ring (bicyclic) bond motifs is 1. The summed E-state index contributed by atoms with van der Waals surface area (Å²) in [6.07, 6.45) is 0. The molecule has 0 aliphatic heterocycles. The second-order valence-corrected chi connectivity index (χ2v) is 8.39. The van der Waals surface area contributed by atoms with Crippen molar-refractivity contribution in [2.24, 2.45) is 0 Å². The number of hydrogen-bond donors (Lipinski definition) is 1. The maximum Gasteiger partial charge on any atom is 0.294 e. The molecular weight excluding hydrogens is 508 g/mol. The van der Waals surface area contributed by atoms with Crippen LogP contribution in [-0.2, 0) is 9.63 Å². The summed E-state index contributed by atoms with van der Waals surface area (Å²) >= 11 is 0. The third-order valence-electron chi connectivity index (χ3n) is 3.90. The van der Waals surface area contributed by atoms with Gasteiger partial charge in [0.2, 0.25) is 5.91 Å². The minimum absolute atomic E-state index is 0.0230. The molecule has 216 valence electrons. The molecule has 1 unspecified atom stereocenters. The van der Waals surface area contributed by atoms with E-state index >= 15 is 0 Å². The Kier molecular flexibility index (Phi) is 36.2. The molecule has 0 aromatic heterocycles. The summed E-state index contributed by atoms with van der Waals surface area (Å²) in [6, 6.07) is 11.8. The standard InChI is InChI=1S/C18H22N2O5S2.5C2H6/c1-13(18(21)19-7-9-26-27-10-8-25-20(22)23)14-3-4-16-12-17(24-2)6-5-15(16)11-14;5*1-2/h3-6,11-13H,7-10H2,1-2H3,(H,19,21);5*1-2H3.